The number of benzene rings is 2. The van der Waals surface area contributed by atoms with Crippen LogP contribution in [-0.2, 0) is 4.79 Å². The van der Waals surface area contributed by atoms with E-state index in [4.69, 9.17) is 10.6 Å². The lowest BCUT2D eigenvalue weighted by Gasteiger charge is -2.18. The third-order valence-corrected chi connectivity index (χ3v) is 5.22. The van der Waals surface area contributed by atoms with Gasteiger partial charge in [-0.15, -0.1) is 10.2 Å². The molecule has 1 heterocycles. The van der Waals surface area contributed by atoms with Gasteiger partial charge < -0.3 is 15.9 Å². The van der Waals surface area contributed by atoms with Crippen molar-refractivity contribution in [3.05, 3.63) is 65.5 Å². The predicted molar refractivity (Wildman–Crippen MR) is 106 cm³/mol. The molecule has 0 aliphatic heterocycles. The Hall–Kier alpha value is -3.00. The normalized spacial score (nSPS) is 11.8. The molecule has 7 nitrogen and oxygen atoms in total. The predicted octanol–water partition coefficient (Wildman–Crippen LogP) is 3.09. The molecule has 3 aromatic rings. The maximum atomic E-state index is 13.1. The van der Waals surface area contributed by atoms with Gasteiger partial charge in [0.15, 0.2) is 0 Å². The molecule has 0 bridgehead atoms. The van der Waals surface area contributed by atoms with Crippen LogP contribution in [0.15, 0.2) is 53.7 Å². The van der Waals surface area contributed by atoms with Crippen LogP contribution in [0, 0.1) is 13.8 Å². The van der Waals surface area contributed by atoms with Gasteiger partial charge in [-0.3, -0.25) is 4.79 Å². The number of thioether (sulfide) groups is 1. The molecule has 140 valence electrons. The number of hydrogen-bond acceptors (Lipinski definition) is 6. The number of amides is 1. The highest BCUT2D eigenvalue weighted by atomic mass is 32.2. The molecule has 1 amide bonds. The van der Waals surface area contributed by atoms with Crippen molar-refractivity contribution in [2.24, 2.45) is 0 Å². The van der Waals surface area contributed by atoms with Crippen LogP contribution < -0.4 is 15.9 Å². The third kappa shape index (κ3) is 4.22. The van der Waals surface area contributed by atoms with Gasteiger partial charge in [-0.25, -0.2) is 4.68 Å². The fraction of sp³-hybridized carbons (Fsp3) is 0.211. The van der Waals surface area contributed by atoms with E-state index in [-0.39, 0.29) is 5.91 Å². The topological polar surface area (TPSA) is 95.1 Å². The number of hydrogen-bond donors (Lipinski definition) is 2. The molecule has 0 aliphatic rings. The lowest BCUT2D eigenvalue weighted by Crippen LogP contribution is -2.21. The molecule has 0 radical (unpaired) electrons. The monoisotopic (exact) mass is 383 g/mol. The molecule has 0 saturated carbocycles. The molecule has 2 aromatic carbocycles. The number of aromatic nitrogens is 3. The summed E-state index contributed by atoms with van der Waals surface area (Å²) >= 11 is 1.25. The van der Waals surface area contributed by atoms with Crippen LogP contribution in [0.3, 0.4) is 0 Å². The van der Waals surface area contributed by atoms with Crippen molar-refractivity contribution >= 4 is 23.4 Å². The first-order valence-corrected chi connectivity index (χ1v) is 9.21. The molecular formula is C19H21N5O2S. The number of nitrogen functional groups attached to an aromatic ring is 1. The number of rotatable bonds is 6. The van der Waals surface area contributed by atoms with E-state index in [0.29, 0.717) is 22.4 Å². The average molecular weight is 383 g/mol. The zero-order chi connectivity index (χ0) is 19.4. The van der Waals surface area contributed by atoms with Crippen LogP contribution in [0.2, 0.25) is 0 Å². The minimum Gasteiger partial charge on any atom is -0.495 e. The number of nitrogens with zero attached hydrogens (tertiary/aromatic N) is 3. The number of carbonyl (C=O) groups excluding carboxylic acids is 1. The van der Waals surface area contributed by atoms with E-state index in [1.165, 1.54) is 16.4 Å². The quantitative estimate of drug-likeness (QED) is 0.502. The van der Waals surface area contributed by atoms with Gasteiger partial charge in [-0.1, -0.05) is 48.2 Å². The number of ether oxygens (including phenoxy) is 1. The molecule has 0 aliphatic carbocycles. The summed E-state index contributed by atoms with van der Waals surface area (Å²) < 4.78 is 6.74. The van der Waals surface area contributed by atoms with Crippen molar-refractivity contribution in [2.45, 2.75) is 24.3 Å². The Labute approximate surface area is 161 Å². The van der Waals surface area contributed by atoms with Crippen molar-refractivity contribution < 1.29 is 9.53 Å². The van der Waals surface area contributed by atoms with Gasteiger partial charge >= 0.3 is 0 Å². The summed E-state index contributed by atoms with van der Waals surface area (Å²) in [5, 5.41) is 10.9. The zero-order valence-corrected chi connectivity index (χ0v) is 16.2. The third-order valence-electron chi connectivity index (χ3n) is 4.01. The minimum absolute atomic E-state index is 0.198. The number of nitrogens with one attached hydrogen (secondary N) is 1. The lowest BCUT2D eigenvalue weighted by atomic mass is 10.1. The summed E-state index contributed by atoms with van der Waals surface area (Å²) in [6, 6.07) is 15.1. The number of nitrogens with two attached hydrogens (primary N) is 1. The Morgan fingerprint density at radius 1 is 1.19 bits per heavy atom. The van der Waals surface area contributed by atoms with E-state index < -0.39 is 5.25 Å². The molecule has 0 saturated heterocycles. The first-order valence-electron chi connectivity index (χ1n) is 8.34. The van der Waals surface area contributed by atoms with Gasteiger partial charge in [0, 0.05) is 0 Å². The van der Waals surface area contributed by atoms with Crippen LogP contribution >= 0.6 is 11.8 Å². The highest BCUT2D eigenvalue weighted by Crippen LogP contribution is 2.36. The summed E-state index contributed by atoms with van der Waals surface area (Å²) in [7, 11) is 1.57. The summed E-state index contributed by atoms with van der Waals surface area (Å²) in [6.07, 6.45) is 0. The first-order chi connectivity index (χ1) is 13.0. The summed E-state index contributed by atoms with van der Waals surface area (Å²) in [5.41, 5.74) is 2.48. The van der Waals surface area contributed by atoms with Gasteiger partial charge in [0.1, 0.15) is 16.8 Å². The SMILES string of the molecule is COc1ccc(C)cc1NC(=O)[C@H](Sc1nnc(C)n1N)c1ccccc1. The highest BCUT2D eigenvalue weighted by molar-refractivity contribution is 8.00. The Kier molecular flexibility index (Phi) is 5.66. The second-order valence-corrected chi connectivity index (χ2v) is 7.07. The van der Waals surface area contributed by atoms with E-state index in [0.717, 1.165) is 11.1 Å². The van der Waals surface area contributed by atoms with Crippen molar-refractivity contribution in [3.63, 3.8) is 0 Å². The van der Waals surface area contributed by atoms with Gasteiger partial charge in [0.2, 0.25) is 11.1 Å². The van der Waals surface area contributed by atoms with E-state index >= 15 is 0 Å². The maximum absolute atomic E-state index is 13.1. The summed E-state index contributed by atoms with van der Waals surface area (Å²) in [6.45, 7) is 3.71. The van der Waals surface area contributed by atoms with Crippen LogP contribution in [0.1, 0.15) is 22.2 Å². The molecule has 1 aromatic heterocycles. The van der Waals surface area contributed by atoms with E-state index in [1.54, 1.807) is 14.0 Å². The molecule has 0 fully saturated rings. The highest BCUT2D eigenvalue weighted by Gasteiger charge is 2.25. The molecule has 3 N–H and O–H groups in total. The fourth-order valence-corrected chi connectivity index (χ4v) is 3.56. The van der Waals surface area contributed by atoms with Crippen molar-refractivity contribution in [1.82, 2.24) is 14.9 Å². The molecule has 0 unspecified atom stereocenters. The van der Waals surface area contributed by atoms with Crippen molar-refractivity contribution in [2.75, 3.05) is 18.3 Å². The molecule has 1 atom stereocenters. The van der Waals surface area contributed by atoms with E-state index in [1.807, 2.05) is 55.5 Å². The Balaban J connectivity index is 1.92. The van der Waals surface area contributed by atoms with E-state index in [9.17, 15) is 4.79 Å². The Morgan fingerprint density at radius 2 is 1.93 bits per heavy atom. The lowest BCUT2D eigenvalue weighted by molar-refractivity contribution is -0.115. The smallest absolute Gasteiger partial charge is 0.242 e. The van der Waals surface area contributed by atoms with Crippen LogP contribution in [0.4, 0.5) is 5.69 Å². The van der Waals surface area contributed by atoms with Gasteiger partial charge in [0.05, 0.1) is 12.8 Å². The molecule has 3 rings (SSSR count). The second-order valence-electron chi connectivity index (χ2n) is 6.00. The number of carbonyl (C=O) groups is 1. The molecule has 8 heteroatoms. The molecule has 0 spiro atoms. The van der Waals surface area contributed by atoms with Crippen LogP contribution in [-0.4, -0.2) is 27.9 Å². The maximum Gasteiger partial charge on any atom is 0.242 e. The van der Waals surface area contributed by atoms with Gasteiger partial charge in [0.25, 0.3) is 0 Å². The Bertz CT molecular complexity index is 943. The minimum atomic E-state index is -0.553. The van der Waals surface area contributed by atoms with Crippen LogP contribution in [0.5, 0.6) is 5.75 Å². The number of anilines is 1. The number of methoxy groups -OCH3 is 1. The fourth-order valence-electron chi connectivity index (χ4n) is 2.55. The molecule has 27 heavy (non-hydrogen) atoms. The number of aryl methyl sites for hydroxylation is 2. The van der Waals surface area contributed by atoms with E-state index in [2.05, 4.69) is 15.5 Å². The summed E-state index contributed by atoms with van der Waals surface area (Å²) in [4.78, 5) is 13.1. The Morgan fingerprint density at radius 3 is 2.56 bits per heavy atom. The van der Waals surface area contributed by atoms with Crippen molar-refractivity contribution in [1.29, 1.82) is 0 Å². The molecular weight excluding hydrogens is 362 g/mol. The largest absolute Gasteiger partial charge is 0.495 e. The van der Waals surface area contributed by atoms with Crippen molar-refractivity contribution in [3.8, 4) is 5.75 Å². The van der Waals surface area contributed by atoms with Gasteiger partial charge in [-0.05, 0) is 37.1 Å². The second kappa shape index (κ2) is 8.13. The zero-order valence-electron chi connectivity index (χ0n) is 15.3. The first kappa shape index (κ1) is 18.8. The average Bonchev–Trinajstić information content (AvgIpc) is 2.99. The van der Waals surface area contributed by atoms with Crippen LogP contribution in [0.25, 0.3) is 0 Å². The summed E-state index contributed by atoms with van der Waals surface area (Å²) in [5.74, 6) is 6.94. The standard InChI is InChI=1S/C19H21N5O2S/c1-12-9-10-16(26-3)15(11-12)21-18(25)17(14-7-5-4-6-8-14)27-19-23-22-13(2)24(19)20/h4-11,17H,20H2,1-3H3,(H,21,25)/t17-/m1/s1. The van der Waals surface area contributed by atoms with Gasteiger partial charge in [-0.2, -0.15) is 0 Å².